The maximum atomic E-state index is 12.7. The maximum absolute atomic E-state index is 12.7. The van der Waals surface area contributed by atoms with Crippen LogP contribution in [0.5, 0.6) is 17.2 Å². The standard InChI is InChI=1S/C24H30O4/c1-4-15-26-20-12-14-23(27-16-5-2)19(18-20)11-13-22(25)21-9-7-8-10-24(21)28-17-6-3/h7-14,18H,4-6,15-17H2,1-3H3. The van der Waals surface area contributed by atoms with Crippen molar-refractivity contribution in [1.82, 2.24) is 0 Å². The number of benzene rings is 2. The van der Waals surface area contributed by atoms with Crippen molar-refractivity contribution in [3.05, 3.63) is 59.7 Å². The Morgan fingerprint density at radius 2 is 1.46 bits per heavy atom. The van der Waals surface area contributed by atoms with Gasteiger partial charge in [0.25, 0.3) is 0 Å². The van der Waals surface area contributed by atoms with Gasteiger partial charge in [0.1, 0.15) is 17.2 Å². The first-order valence-corrected chi connectivity index (χ1v) is 10.0. The summed E-state index contributed by atoms with van der Waals surface area (Å²) in [5.41, 5.74) is 1.38. The zero-order chi connectivity index (χ0) is 20.2. The van der Waals surface area contributed by atoms with Gasteiger partial charge in [-0.25, -0.2) is 0 Å². The summed E-state index contributed by atoms with van der Waals surface area (Å²) in [6.45, 7) is 8.02. The molecule has 28 heavy (non-hydrogen) atoms. The molecule has 0 fully saturated rings. The summed E-state index contributed by atoms with van der Waals surface area (Å²) in [5, 5.41) is 0. The van der Waals surface area contributed by atoms with E-state index in [1.54, 1.807) is 18.2 Å². The molecule has 0 aliphatic heterocycles. The molecule has 0 N–H and O–H groups in total. The molecule has 0 bridgehead atoms. The molecule has 0 aromatic heterocycles. The van der Waals surface area contributed by atoms with E-state index in [1.165, 1.54) is 0 Å². The number of ether oxygens (including phenoxy) is 3. The van der Waals surface area contributed by atoms with Crippen LogP contribution in [-0.2, 0) is 0 Å². The number of rotatable bonds is 12. The number of hydrogen-bond donors (Lipinski definition) is 0. The molecule has 0 spiro atoms. The van der Waals surface area contributed by atoms with E-state index in [2.05, 4.69) is 13.8 Å². The summed E-state index contributed by atoms with van der Waals surface area (Å²) in [4.78, 5) is 12.7. The minimum absolute atomic E-state index is 0.104. The summed E-state index contributed by atoms with van der Waals surface area (Å²) >= 11 is 0. The Kier molecular flexibility index (Phi) is 9.13. The van der Waals surface area contributed by atoms with Crippen LogP contribution in [0.3, 0.4) is 0 Å². The van der Waals surface area contributed by atoms with Gasteiger partial charge in [-0.3, -0.25) is 4.79 Å². The zero-order valence-electron chi connectivity index (χ0n) is 17.1. The number of allylic oxidation sites excluding steroid dienone is 1. The predicted octanol–water partition coefficient (Wildman–Crippen LogP) is 5.95. The van der Waals surface area contributed by atoms with Crippen molar-refractivity contribution in [2.75, 3.05) is 19.8 Å². The highest BCUT2D eigenvalue weighted by atomic mass is 16.5. The highest BCUT2D eigenvalue weighted by molar-refractivity contribution is 6.08. The topological polar surface area (TPSA) is 44.8 Å². The lowest BCUT2D eigenvalue weighted by Crippen LogP contribution is -2.03. The molecule has 0 saturated heterocycles. The molecular formula is C24H30O4. The molecule has 0 heterocycles. The molecule has 0 aliphatic rings. The summed E-state index contributed by atoms with van der Waals surface area (Å²) in [6, 6.07) is 13.0. The quantitative estimate of drug-likeness (QED) is 0.336. The van der Waals surface area contributed by atoms with Gasteiger partial charge in [-0.1, -0.05) is 32.9 Å². The van der Waals surface area contributed by atoms with Gasteiger partial charge in [-0.15, -0.1) is 0 Å². The molecule has 0 atom stereocenters. The Labute approximate surface area is 168 Å². The molecule has 0 aliphatic carbocycles. The highest BCUT2D eigenvalue weighted by Crippen LogP contribution is 2.27. The first-order chi connectivity index (χ1) is 13.7. The highest BCUT2D eigenvalue weighted by Gasteiger charge is 2.10. The first kappa shape index (κ1) is 21.5. The SMILES string of the molecule is CCCOc1ccc(OCCC)c(C=CC(=O)c2ccccc2OCCC)c1. The van der Waals surface area contributed by atoms with Crippen molar-refractivity contribution >= 4 is 11.9 Å². The second kappa shape index (κ2) is 11.9. The molecular weight excluding hydrogens is 352 g/mol. The van der Waals surface area contributed by atoms with E-state index >= 15 is 0 Å². The molecule has 0 unspecified atom stereocenters. The van der Waals surface area contributed by atoms with Crippen LogP contribution < -0.4 is 14.2 Å². The van der Waals surface area contributed by atoms with Crippen LogP contribution in [-0.4, -0.2) is 25.6 Å². The molecule has 0 saturated carbocycles. The molecule has 2 aromatic rings. The fourth-order valence-electron chi connectivity index (χ4n) is 2.57. The lowest BCUT2D eigenvalue weighted by molar-refractivity contribution is 0.104. The third kappa shape index (κ3) is 6.45. The average molecular weight is 383 g/mol. The summed E-state index contributed by atoms with van der Waals surface area (Å²) < 4.78 is 17.2. The van der Waals surface area contributed by atoms with Crippen molar-refractivity contribution in [3.8, 4) is 17.2 Å². The largest absolute Gasteiger partial charge is 0.494 e. The number of ketones is 1. The fraction of sp³-hybridized carbons (Fsp3) is 0.375. The number of carbonyl (C=O) groups excluding carboxylic acids is 1. The Balaban J connectivity index is 2.24. The Hall–Kier alpha value is -2.75. The minimum atomic E-state index is -0.104. The summed E-state index contributed by atoms with van der Waals surface area (Å²) in [6.07, 6.45) is 6.08. The van der Waals surface area contributed by atoms with Crippen molar-refractivity contribution in [2.45, 2.75) is 40.0 Å². The van der Waals surface area contributed by atoms with E-state index in [0.717, 1.165) is 36.3 Å². The minimum Gasteiger partial charge on any atom is -0.494 e. The average Bonchev–Trinajstić information content (AvgIpc) is 2.73. The van der Waals surface area contributed by atoms with Crippen molar-refractivity contribution in [3.63, 3.8) is 0 Å². The van der Waals surface area contributed by atoms with Crippen LogP contribution in [0.25, 0.3) is 6.08 Å². The number of hydrogen-bond acceptors (Lipinski definition) is 4. The van der Waals surface area contributed by atoms with Crippen LogP contribution >= 0.6 is 0 Å². The van der Waals surface area contributed by atoms with Gasteiger partial charge in [0.05, 0.1) is 25.4 Å². The lowest BCUT2D eigenvalue weighted by atomic mass is 10.1. The van der Waals surface area contributed by atoms with Crippen LogP contribution in [0.2, 0.25) is 0 Å². The number of para-hydroxylation sites is 1. The van der Waals surface area contributed by atoms with Crippen LogP contribution in [0.4, 0.5) is 0 Å². The smallest absolute Gasteiger partial charge is 0.189 e. The van der Waals surface area contributed by atoms with E-state index < -0.39 is 0 Å². The molecule has 2 aromatic carbocycles. The third-order valence-electron chi connectivity index (χ3n) is 3.94. The third-order valence-corrected chi connectivity index (χ3v) is 3.94. The van der Waals surface area contributed by atoms with E-state index in [0.29, 0.717) is 31.1 Å². The molecule has 4 heteroatoms. The van der Waals surface area contributed by atoms with Crippen molar-refractivity contribution < 1.29 is 19.0 Å². The second-order valence-electron chi connectivity index (χ2n) is 6.44. The Morgan fingerprint density at radius 3 is 2.18 bits per heavy atom. The van der Waals surface area contributed by atoms with Gasteiger partial charge in [-0.05, 0) is 61.7 Å². The molecule has 4 nitrogen and oxygen atoms in total. The van der Waals surface area contributed by atoms with E-state index in [9.17, 15) is 4.79 Å². The van der Waals surface area contributed by atoms with Gasteiger partial charge in [0.15, 0.2) is 5.78 Å². The second-order valence-corrected chi connectivity index (χ2v) is 6.44. The van der Waals surface area contributed by atoms with Gasteiger partial charge >= 0.3 is 0 Å². The monoisotopic (exact) mass is 382 g/mol. The number of carbonyl (C=O) groups is 1. The predicted molar refractivity (Wildman–Crippen MR) is 114 cm³/mol. The Morgan fingerprint density at radius 1 is 0.821 bits per heavy atom. The van der Waals surface area contributed by atoms with Crippen molar-refractivity contribution in [1.29, 1.82) is 0 Å². The van der Waals surface area contributed by atoms with Gasteiger partial charge in [0.2, 0.25) is 0 Å². The Bertz CT molecular complexity index is 780. The van der Waals surface area contributed by atoms with Crippen LogP contribution in [0.15, 0.2) is 48.5 Å². The zero-order valence-corrected chi connectivity index (χ0v) is 17.1. The summed E-state index contributed by atoms with van der Waals surface area (Å²) in [5.74, 6) is 2.02. The van der Waals surface area contributed by atoms with E-state index in [1.807, 2.05) is 43.3 Å². The first-order valence-electron chi connectivity index (χ1n) is 10.0. The summed E-state index contributed by atoms with van der Waals surface area (Å²) in [7, 11) is 0. The molecule has 0 amide bonds. The fourth-order valence-corrected chi connectivity index (χ4v) is 2.57. The van der Waals surface area contributed by atoms with E-state index in [-0.39, 0.29) is 5.78 Å². The van der Waals surface area contributed by atoms with Crippen molar-refractivity contribution in [2.24, 2.45) is 0 Å². The molecule has 2 rings (SSSR count). The molecule has 150 valence electrons. The van der Waals surface area contributed by atoms with Gasteiger partial charge in [-0.2, -0.15) is 0 Å². The maximum Gasteiger partial charge on any atom is 0.189 e. The van der Waals surface area contributed by atoms with E-state index in [4.69, 9.17) is 14.2 Å². The normalized spacial score (nSPS) is 10.8. The van der Waals surface area contributed by atoms with Gasteiger partial charge in [0, 0.05) is 5.56 Å². The molecule has 0 radical (unpaired) electrons. The van der Waals surface area contributed by atoms with Crippen LogP contribution in [0.1, 0.15) is 56.0 Å². The lowest BCUT2D eigenvalue weighted by Gasteiger charge is -2.11. The van der Waals surface area contributed by atoms with Crippen LogP contribution in [0, 0.1) is 0 Å². The van der Waals surface area contributed by atoms with Gasteiger partial charge < -0.3 is 14.2 Å².